The molecule has 0 aliphatic heterocycles. The van der Waals surface area contributed by atoms with Gasteiger partial charge < -0.3 is 0 Å². The Morgan fingerprint density at radius 3 is 0.750 bits per heavy atom. The largest absolute Gasteiger partial charge is 0.0312 e. The molecule has 0 spiro atoms. The molecule has 0 atom stereocenters. The van der Waals surface area contributed by atoms with E-state index in [4.69, 9.17) is 11.0 Å². The van der Waals surface area contributed by atoms with Gasteiger partial charge in [0.1, 0.15) is 0 Å². The minimum atomic E-state index is -1.79. The van der Waals surface area contributed by atoms with E-state index in [2.05, 4.69) is 0 Å². The quantitative estimate of drug-likeness (QED) is 0.438. The van der Waals surface area contributed by atoms with E-state index < -0.39 is 47.2 Å². The molecular formula is C8H8. The minimum absolute atomic E-state index is 1.79. The summed E-state index contributed by atoms with van der Waals surface area (Å²) in [5, 5.41) is 0. The van der Waals surface area contributed by atoms with Gasteiger partial charge in [-0.1, -0.05) is 0 Å². The monoisotopic (exact) mass is 112 g/mol. The summed E-state index contributed by atoms with van der Waals surface area (Å²) in [6, 6.07) is 0. The zero-order chi connectivity index (χ0) is 12.0. The second-order valence-corrected chi connectivity index (χ2v) is 3.00. The van der Waals surface area contributed by atoms with Crippen molar-refractivity contribution in [3.05, 3.63) is 0 Å². The van der Waals surface area contributed by atoms with Gasteiger partial charge >= 0.3 is 0 Å². The van der Waals surface area contributed by atoms with Crippen molar-refractivity contribution in [2.45, 2.75) is 0 Å². The van der Waals surface area contributed by atoms with Crippen molar-refractivity contribution >= 4 is 0 Å². The number of hydrogen-bond acceptors (Lipinski definition) is 0. The van der Waals surface area contributed by atoms with E-state index in [-0.39, 0.29) is 0 Å². The summed E-state index contributed by atoms with van der Waals surface area (Å²) in [5.41, 5.74) is 0. The average Bonchev–Trinajstić information content (AvgIpc) is 2.27. The Morgan fingerprint density at radius 2 is 0.625 bits per heavy atom. The molecule has 0 radical (unpaired) electrons. The fourth-order valence-corrected chi connectivity index (χ4v) is 2.62. The zero-order valence-electron chi connectivity index (χ0n) is 12.0. The van der Waals surface area contributed by atoms with E-state index in [1.165, 1.54) is 0 Å². The molecular weight excluding hydrogens is 96.1 g/mol. The van der Waals surface area contributed by atoms with Gasteiger partial charge in [-0.25, -0.2) is 0 Å². The molecule has 6 aliphatic rings. The molecule has 0 unspecified atom stereocenters. The third-order valence-corrected chi connectivity index (χ3v) is 3.00. The van der Waals surface area contributed by atoms with Gasteiger partial charge in [-0.2, -0.15) is 0 Å². The third kappa shape index (κ3) is 0.0651. The Hall–Kier alpha value is 0. The zero-order valence-corrected chi connectivity index (χ0v) is 4.00. The molecule has 0 heterocycles. The summed E-state index contributed by atoms with van der Waals surface area (Å²) in [6.07, 6.45) is 0. The molecule has 8 heavy (non-hydrogen) atoms. The average molecular weight is 112 g/mol. The predicted octanol–water partition coefficient (Wildman–Crippen LogP) is 0.984. The predicted molar refractivity (Wildman–Crippen MR) is 27.9 cm³/mol. The van der Waals surface area contributed by atoms with Crippen LogP contribution in [-0.2, 0) is 0 Å². The SMILES string of the molecule is [2H]C12C3([2H])C4([2H])C1([2H])C1([2H])C2([2H])C3([2H])C41[2H]. The molecule has 0 heteroatoms. The van der Waals surface area contributed by atoms with Crippen LogP contribution in [-0.4, -0.2) is 0 Å². The van der Waals surface area contributed by atoms with Gasteiger partial charge in [-0.3, -0.25) is 0 Å². The van der Waals surface area contributed by atoms with Crippen LogP contribution in [0.4, 0.5) is 0 Å². The van der Waals surface area contributed by atoms with Gasteiger partial charge in [0, 0.05) is 11.0 Å². The van der Waals surface area contributed by atoms with E-state index >= 15 is 0 Å². The maximum Gasteiger partial charge on any atom is 0.0312 e. The van der Waals surface area contributed by atoms with Crippen LogP contribution in [0.25, 0.3) is 0 Å². The summed E-state index contributed by atoms with van der Waals surface area (Å²) in [4.78, 5) is 0. The van der Waals surface area contributed by atoms with Crippen LogP contribution < -0.4 is 0 Å². The summed E-state index contributed by atoms with van der Waals surface area (Å²) < 4.78 is 64.3. The molecule has 0 aromatic rings. The molecule has 0 N–H and O–H groups in total. The summed E-state index contributed by atoms with van der Waals surface area (Å²) in [7, 11) is 0. The molecule has 0 aromatic carbocycles. The second-order valence-electron chi connectivity index (χ2n) is 3.00. The van der Waals surface area contributed by atoms with Crippen LogP contribution in [0.1, 0.15) is 11.0 Å². The van der Waals surface area contributed by atoms with Crippen molar-refractivity contribution in [3.63, 3.8) is 0 Å². The van der Waals surface area contributed by atoms with Crippen LogP contribution in [0.2, 0.25) is 0 Å². The van der Waals surface area contributed by atoms with E-state index in [1.54, 1.807) is 0 Å². The molecule has 6 fully saturated rings. The Morgan fingerprint density at radius 1 is 0.500 bits per heavy atom. The van der Waals surface area contributed by atoms with Gasteiger partial charge in [-0.05, 0) is 47.2 Å². The van der Waals surface area contributed by atoms with Crippen LogP contribution in [0, 0.1) is 47.2 Å². The van der Waals surface area contributed by atoms with Crippen LogP contribution >= 0.6 is 0 Å². The van der Waals surface area contributed by atoms with Gasteiger partial charge in [0.05, 0.1) is 0 Å². The maximum absolute atomic E-state index is 8.04. The van der Waals surface area contributed by atoms with Crippen LogP contribution in [0.5, 0.6) is 0 Å². The highest BCUT2D eigenvalue weighted by atomic mass is 15.0. The number of rotatable bonds is 0. The Labute approximate surface area is 59.5 Å². The Bertz CT molecular complexity index is 332. The highest BCUT2D eigenvalue weighted by Gasteiger charge is 2.97. The van der Waals surface area contributed by atoms with Crippen molar-refractivity contribution in [1.82, 2.24) is 0 Å². The first-order chi connectivity index (χ1) is 7.00. The van der Waals surface area contributed by atoms with E-state index in [0.29, 0.717) is 0 Å². The molecule has 0 bridgehead atoms. The first kappa shape index (κ1) is 0.980. The molecule has 0 aromatic heterocycles. The first-order valence-electron chi connectivity index (χ1n) is 7.00. The Kier molecular flexibility index (Phi) is 0.0536. The lowest BCUT2D eigenvalue weighted by Crippen LogP contribution is -3.00. The number of hydrogen-bond donors (Lipinski definition) is 0. The van der Waals surface area contributed by atoms with Gasteiger partial charge in [-0.15, -0.1) is 0 Å². The fraction of sp³-hybridized carbons (Fsp3) is 1.00. The van der Waals surface area contributed by atoms with Crippen molar-refractivity contribution in [2.24, 2.45) is 47.2 Å². The molecule has 6 saturated carbocycles. The normalized spacial score (nSPS) is 196. The molecule has 0 nitrogen and oxygen atoms in total. The first-order valence-corrected chi connectivity index (χ1v) is 3.00. The van der Waals surface area contributed by atoms with E-state index in [0.717, 1.165) is 0 Å². The van der Waals surface area contributed by atoms with Crippen molar-refractivity contribution < 1.29 is 11.0 Å². The highest BCUT2D eigenvalue weighted by Crippen LogP contribution is 3.00. The maximum atomic E-state index is 8.04. The van der Waals surface area contributed by atoms with Crippen molar-refractivity contribution in [3.8, 4) is 0 Å². The molecule has 6 rings (SSSR count). The topological polar surface area (TPSA) is 0 Å². The highest BCUT2D eigenvalue weighted by molar-refractivity contribution is 5.44. The minimum Gasteiger partial charge on any atom is -0.0312 e. The smallest absolute Gasteiger partial charge is 0.0312 e. The molecule has 0 amide bonds. The Balaban J connectivity index is 1.95. The lowest BCUT2D eigenvalue weighted by Gasteiger charge is -3.03. The van der Waals surface area contributed by atoms with Crippen LogP contribution in [0.3, 0.4) is 0 Å². The molecule has 0 saturated heterocycles. The summed E-state index contributed by atoms with van der Waals surface area (Å²) in [5.74, 6) is -14.3. The van der Waals surface area contributed by atoms with Crippen molar-refractivity contribution in [2.75, 3.05) is 0 Å². The molecule has 40 valence electrons. The lowest BCUT2D eigenvalue weighted by molar-refractivity contribution is -0.565. The standard InChI is InChI=1S/C8H8/c1-2-5-3(1)7-4(1)6(2)8(5)7/h1-8H/i1D,2D,3D,4D,5D,6D,7D,8D. The second kappa shape index (κ2) is 0.438. The van der Waals surface area contributed by atoms with Crippen molar-refractivity contribution in [1.29, 1.82) is 0 Å². The fourth-order valence-electron chi connectivity index (χ4n) is 2.62. The van der Waals surface area contributed by atoms with E-state index in [9.17, 15) is 0 Å². The summed E-state index contributed by atoms with van der Waals surface area (Å²) >= 11 is 0. The third-order valence-electron chi connectivity index (χ3n) is 3.00. The summed E-state index contributed by atoms with van der Waals surface area (Å²) in [6.45, 7) is 0. The van der Waals surface area contributed by atoms with E-state index in [1.807, 2.05) is 0 Å². The lowest BCUT2D eigenvalue weighted by atomic mass is 9.01. The van der Waals surface area contributed by atoms with Gasteiger partial charge in [0.15, 0.2) is 0 Å². The van der Waals surface area contributed by atoms with Crippen LogP contribution in [0.15, 0.2) is 0 Å². The molecule has 6 aliphatic carbocycles. The van der Waals surface area contributed by atoms with Gasteiger partial charge in [0.2, 0.25) is 0 Å². The van der Waals surface area contributed by atoms with Gasteiger partial charge in [0.25, 0.3) is 0 Å².